The number of anilines is 1. The van der Waals surface area contributed by atoms with Gasteiger partial charge in [-0.1, -0.05) is 35.9 Å². The van der Waals surface area contributed by atoms with Crippen molar-refractivity contribution in [3.05, 3.63) is 72.0 Å². The molecule has 1 aliphatic rings. The van der Waals surface area contributed by atoms with Crippen molar-refractivity contribution >= 4 is 34.2 Å². The topological polar surface area (TPSA) is 38.1 Å². The average molecular weight is 352 g/mol. The molecule has 0 saturated carbocycles. The quantitative estimate of drug-likeness (QED) is 0.653. The molecule has 1 aliphatic heterocycles. The first-order valence-electron chi connectivity index (χ1n) is 8.29. The van der Waals surface area contributed by atoms with Crippen molar-refractivity contribution in [1.29, 1.82) is 0 Å². The van der Waals surface area contributed by atoms with Crippen molar-refractivity contribution in [2.45, 2.75) is 18.9 Å². The van der Waals surface area contributed by atoms with Gasteiger partial charge in [0.2, 0.25) is 5.91 Å². The number of fused-ring (bicyclic) bond motifs is 1. The van der Waals surface area contributed by atoms with Crippen LogP contribution in [0.3, 0.4) is 0 Å². The number of rotatable bonds is 4. The van der Waals surface area contributed by atoms with E-state index in [1.165, 1.54) is 0 Å². The SMILES string of the molecule is C=CCn1c([C@@H]2CC(=O)N(c3cccc(Cl)c3)C2)nc2ccccc21. The molecule has 4 nitrogen and oxygen atoms in total. The van der Waals surface area contributed by atoms with Crippen LogP contribution in [-0.4, -0.2) is 22.0 Å². The third kappa shape index (κ3) is 2.83. The molecule has 0 N–H and O–H groups in total. The molecule has 0 radical (unpaired) electrons. The van der Waals surface area contributed by atoms with Crippen LogP contribution in [0.1, 0.15) is 18.2 Å². The molecule has 2 aromatic carbocycles. The second kappa shape index (κ2) is 6.37. The number of carbonyl (C=O) groups is 1. The summed E-state index contributed by atoms with van der Waals surface area (Å²) >= 11 is 6.08. The van der Waals surface area contributed by atoms with Crippen molar-refractivity contribution < 1.29 is 4.79 Å². The minimum atomic E-state index is 0.0545. The molecule has 1 fully saturated rings. The molecule has 25 heavy (non-hydrogen) atoms. The standard InChI is InChI=1S/C20H18ClN3O/c1-2-10-23-18-9-4-3-8-17(18)22-20(23)14-11-19(25)24(13-14)16-7-5-6-15(21)12-16/h2-9,12,14H,1,10-11,13H2/t14-/m1/s1. The number of amides is 1. The third-order valence-corrected chi connectivity index (χ3v) is 4.84. The summed E-state index contributed by atoms with van der Waals surface area (Å²) in [5.74, 6) is 1.10. The Balaban J connectivity index is 1.71. The largest absolute Gasteiger partial charge is 0.324 e. The minimum Gasteiger partial charge on any atom is -0.324 e. The zero-order valence-electron chi connectivity index (χ0n) is 13.7. The summed E-state index contributed by atoms with van der Waals surface area (Å²) in [5, 5.41) is 0.632. The molecule has 1 aromatic heterocycles. The maximum absolute atomic E-state index is 12.6. The van der Waals surface area contributed by atoms with E-state index >= 15 is 0 Å². The molecular weight excluding hydrogens is 334 g/mol. The Bertz CT molecular complexity index is 962. The first-order valence-corrected chi connectivity index (χ1v) is 8.67. The van der Waals surface area contributed by atoms with Gasteiger partial charge in [-0.25, -0.2) is 4.98 Å². The van der Waals surface area contributed by atoms with Gasteiger partial charge in [0.15, 0.2) is 0 Å². The molecule has 3 aromatic rings. The minimum absolute atomic E-state index is 0.0545. The van der Waals surface area contributed by atoms with Crippen molar-refractivity contribution in [2.24, 2.45) is 0 Å². The Morgan fingerprint density at radius 2 is 2.08 bits per heavy atom. The van der Waals surface area contributed by atoms with Crippen LogP contribution in [0.4, 0.5) is 5.69 Å². The number of carbonyl (C=O) groups excluding carboxylic acids is 1. The van der Waals surface area contributed by atoms with Crippen LogP contribution in [0.2, 0.25) is 5.02 Å². The van der Waals surface area contributed by atoms with E-state index in [4.69, 9.17) is 16.6 Å². The summed E-state index contributed by atoms with van der Waals surface area (Å²) in [4.78, 5) is 19.2. The van der Waals surface area contributed by atoms with Gasteiger partial charge < -0.3 is 9.47 Å². The van der Waals surface area contributed by atoms with Gasteiger partial charge in [-0.2, -0.15) is 0 Å². The summed E-state index contributed by atoms with van der Waals surface area (Å²) < 4.78 is 2.15. The van der Waals surface area contributed by atoms with E-state index in [9.17, 15) is 4.79 Å². The van der Waals surface area contributed by atoms with E-state index in [-0.39, 0.29) is 11.8 Å². The number of allylic oxidation sites excluding steroid dienone is 1. The van der Waals surface area contributed by atoms with E-state index in [1.807, 2.05) is 48.5 Å². The lowest BCUT2D eigenvalue weighted by Crippen LogP contribution is -2.24. The van der Waals surface area contributed by atoms with E-state index < -0.39 is 0 Å². The Morgan fingerprint density at radius 1 is 1.24 bits per heavy atom. The van der Waals surface area contributed by atoms with Crippen molar-refractivity contribution in [1.82, 2.24) is 9.55 Å². The summed E-state index contributed by atoms with van der Waals surface area (Å²) in [6.45, 7) is 5.15. The highest BCUT2D eigenvalue weighted by atomic mass is 35.5. The lowest BCUT2D eigenvalue weighted by atomic mass is 10.1. The molecule has 0 spiro atoms. The first-order chi connectivity index (χ1) is 12.2. The lowest BCUT2D eigenvalue weighted by molar-refractivity contribution is -0.117. The molecule has 2 heterocycles. The second-order valence-electron chi connectivity index (χ2n) is 6.24. The molecular formula is C20H18ClN3O. The van der Waals surface area contributed by atoms with Gasteiger partial charge >= 0.3 is 0 Å². The molecule has 126 valence electrons. The molecule has 1 amide bonds. The van der Waals surface area contributed by atoms with Gasteiger partial charge in [0.1, 0.15) is 5.82 Å². The van der Waals surface area contributed by atoms with Crippen molar-refractivity contribution in [3.63, 3.8) is 0 Å². The molecule has 1 saturated heterocycles. The van der Waals surface area contributed by atoms with Gasteiger partial charge in [0, 0.05) is 36.1 Å². The molecule has 0 aliphatic carbocycles. The number of imidazole rings is 1. The van der Waals surface area contributed by atoms with Crippen LogP contribution in [0, 0.1) is 0 Å². The summed E-state index contributed by atoms with van der Waals surface area (Å²) in [6.07, 6.45) is 2.32. The van der Waals surface area contributed by atoms with Crippen molar-refractivity contribution in [2.75, 3.05) is 11.4 Å². The van der Waals surface area contributed by atoms with Gasteiger partial charge in [0.05, 0.1) is 11.0 Å². The van der Waals surface area contributed by atoms with E-state index in [0.29, 0.717) is 24.5 Å². The summed E-state index contributed by atoms with van der Waals surface area (Å²) in [7, 11) is 0. The second-order valence-corrected chi connectivity index (χ2v) is 6.68. The Hall–Kier alpha value is -2.59. The number of para-hydroxylation sites is 2. The van der Waals surface area contributed by atoms with Crippen LogP contribution < -0.4 is 4.90 Å². The molecule has 4 rings (SSSR count). The van der Waals surface area contributed by atoms with Crippen LogP contribution in [0.5, 0.6) is 0 Å². The molecule has 5 heteroatoms. The fraction of sp³-hybridized carbons (Fsp3) is 0.200. The Morgan fingerprint density at radius 3 is 2.88 bits per heavy atom. The van der Waals surface area contributed by atoms with E-state index in [1.54, 1.807) is 4.90 Å². The fourth-order valence-electron chi connectivity index (χ4n) is 3.50. The number of hydrogen-bond donors (Lipinski definition) is 0. The van der Waals surface area contributed by atoms with Gasteiger partial charge in [-0.15, -0.1) is 6.58 Å². The highest BCUT2D eigenvalue weighted by molar-refractivity contribution is 6.30. The smallest absolute Gasteiger partial charge is 0.227 e. The molecule has 0 bridgehead atoms. The van der Waals surface area contributed by atoms with Crippen LogP contribution in [0.15, 0.2) is 61.2 Å². The lowest BCUT2D eigenvalue weighted by Gasteiger charge is -2.17. The summed E-state index contributed by atoms with van der Waals surface area (Å²) in [6, 6.07) is 15.5. The van der Waals surface area contributed by atoms with Crippen LogP contribution in [-0.2, 0) is 11.3 Å². The highest BCUT2D eigenvalue weighted by Gasteiger charge is 2.34. The normalized spacial score (nSPS) is 17.4. The van der Waals surface area contributed by atoms with E-state index in [0.717, 1.165) is 22.5 Å². The average Bonchev–Trinajstić information content (AvgIpc) is 3.16. The van der Waals surface area contributed by atoms with Gasteiger partial charge in [-0.05, 0) is 30.3 Å². The maximum Gasteiger partial charge on any atom is 0.227 e. The predicted octanol–water partition coefficient (Wildman–Crippen LogP) is 4.40. The zero-order chi connectivity index (χ0) is 17.4. The number of benzene rings is 2. The zero-order valence-corrected chi connectivity index (χ0v) is 14.5. The van der Waals surface area contributed by atoms with Crippen molar-refractivity contribution in [3.8, 4) is 0 Å². The number of nitrogens with zero attached hydrogens (tertiary/aromatic N) is 3. The number of hydrogen-bond acceptors (Lipinski definition) is 2. The predicted molar refractivity (Wildman–Crippen MR) is 101 cm³/mol. The Labute approximate surface area is 151 Å². The Kier molecular flexibility index (Phi) is 4.06. The van der Waals surface area contributed by atoms with Crippen LogP contribution in [0.25, 0.3) is 11.0 Å². The summed E-state index contributed by atoms with van der Waals surface area (Å²) in [5.41, 5.74) is 2.87. The third-order valence-electron chi connectivity index (χ3n) is 4.61. The molecule has 1 atom stereocenters. The molecule has 0 unspecified atom stereocenters. The fourth-order valence-corrected chi connectivity index (χ4v) is 3.69. The monoisotopic (exact) mass is 351 g/mol. The van der Waals surface area contributed by atoms with Gasteiger partial charge in [0.25, 0.3) is 0 Å². The highest BCUT2D eigenvalue weighted by Crippen LogP contribution is 2.33. The first kappa shape index (κ1) is 15.9. The number of halogens is 1. The van der Waals surface area contributed by atoms with E-state index in [2.05, 4.69) is 17.2 Å². The maximum atomic E-state index is 12.6. The number of aromatic nitrogens is 2. The van der Waals surface area contributed by atoms with Crippen LogP contribution >= 0.6 is 11.6 Å². The van der Waals surface area contributed by atoms with Gasteiger partial charge in [-0.3, -0.25) is 4.79 Å².